The number of carbonyl (C=O) groups excluding carboxylic acids is 1. The van der Waals surface area contributed by atoms with Crippen molar-refractivity contribution in [2.45, 2.75) is 32.2 Å². The molecule has 0 radical (unpaired) electrons. The van der Waals surface area contributed by atoms with Crippen molar-refractivity contribution in [2.75, 3.05) is 26.3 Å². The monoisotopic (exact) mass is 340 g/mol. The van der Waals surface area contributed by atoms with Crippen LogP contribution in [0.3, 0.4) is 0 Å². The van der Waals surface area contributed by atoms with Crippen LogP contribution in [0.4, 0.5) is 0 Å². The zero-order valence-corrected chi connectivity index (χ0v) is 14.3. The van der Waals surface area contributed by atoms with E-state index in [1.54, 1.807) is 0 Å². The Hall–Kier alpha value is -1.46. The van der Waals surface area contributed by atoms with E-state index in [2.05, 4.69) is 17.6 Å². The number of rotatable bonds is 4. The van der Waals surface area contributed by atoms with E-state index >= 15 is 0 Å². The van der Waals surface area contributed by atoms with Crippen LogP contribution in [-0.4, -0.2) is 38.3 Å². The van der Waals surface area contributed by atoms with Crippen LogP contribution in [0.5, 0.6) is 11.5 Å². The summed E-state index contributed by atoms with van der Waals surface area (Å²) in [5, 5.41) is 6.43. The smallest absolute Gasteiger partial charge is 0.223 e. The van der Waals surface area contributed by atoms with E-state index in [9.17, 15) is 4.79 Å². The minimum atomic E-state index is 0. The first-order valence-corrected chi connectivity index (χ1v) is 8.12. The number of carbonyl (C=O) groups is 1. The Morgan fingerprint density at radius 2 is 2.09 bits per heavy atom. The van der Waals surface area contributed by atoms with Crippen LogP contribution in [-0.2, 0) is 11.2 Å². The van der Waals surface area contributed by atoms with Crippen molar-refractivity contribution in [3.63, 3.8) is 0 Å². The van der Waals surface area contributed by atoms with Gasteiger partial charge in [0.1, 0.15) is 13.2 Å². The number of hydrogen-bond acceptors (Lipinski definition) is 4. The lowest BCUT2D eigenvalue weighted by Crippen LogP contribution is -2.42. The molecule has 0 unspecified atom stereocenters. The van der Waals surface area contributed by atoms with Crippen LogP contribution in [0, 0.1) is 5.92 Å². The van der Waals surface area contributed by atoms with Gasteiger partial charge in [0.05, 0.1) is 0 Å². The average molecular weight is 341 g/mol. The molecule has 0 bridgehead atoms. The highest BCUT2D eigenvalue weighted by molar-refractivity contribution is 5.85. The van der Waals surface area contributed by atoms with E-state index in [0.29, 0.717) is 25.8 Å². The van der Waals surface area contributed by atoms with Gasteiger partial charge < -0.3 is 20.1 Å². The summed E-state index contributed by atoms with van der Waals surface area (Å²) in [4.78, 5) is 12.2. The molecule has 1 saturated heterocycles. The summed E-state index contributed by atoms with van der Waals surface area (Å²) in [6.45, 7) is 4.94. The molecule has 6 heteroatoms. The maximum absolute atomic E-state index is 12.2. The van der Waals surface area contributed by atoms with Crippen LogP contribution >= 0.6 is 12.4 Å². The zero-order chi connectivity index (χ0) is 15.4. The fourth-order valence-corrected chi connectivity index (χ4v) is 3.09. The molecule has 0 saturated carbocycles. The maximum Gasteiger partial charge on any atom is 0.223 e. The number of halogens is 1. The highest BCUT2D eigenvalue weighted by Crippen LogP contribution is 2.30. The summed E-state index contributed by atoms with van der Waals surface area (Å²) in [6.07, 6.45) is 2.67. The second-order valence-electron chi connectivity index (χ2n) is 6.10. The fourth-order valence-electron chi connectivity index (χ4n) is 3.09. The number of ether oxygens (including phenoxy) is 2. The summed E-state index contributed by atoms with van der Waals surface area (Å²) in [6, 6.07) is 6.42. The van der Waals surface area contributed by atoms with Gasteiger partial charge in [-0.15, -0.1) is 12.4 Å². The van der Waals surface area contributed by atoms with Gasteiger partial charge in [0.25, 0.3) is 0 Å². The molecular formula is C17H25ClN2O3. The van der Waals surface area contributed by atoms with Crippen molar-refractivity contribution >= 4 is 18.3 Å². The molecule has 0 aromatic heterocycles. The molecule has 0 aliphatic carbocycles. The third kappa shape index (κ3) is 4.75. The molecular weight excluding hydrogens is 316 g/mol. The van der Waals surface area contributed by atoms with E-state index in [-0.39, 0.29) is 24.2 Å². The summed E-state index contributed by atoms with van der Waals surface area (Å²) in [5.41, 5.74) is 1.16. The first-order valence-electron chi connectivity index (χ1n) is 8.12. The Bertz CT molecular complexity index is 539. The van der Waals surface area contributed by atoms with Gasteiger partial charge in [-0.1, -0.05) is 6.07 Å². The summed E-state index contributed by atoms with van der Waals surface area (Å²) in [7, 11) is 0. The molecule has 5 nitrogen and oxygen atoms in total. The molecule has 23 heavy (non-hydrogen) atoms. The number of benzene rings is 1. The minimum Gasteiger partial charge on any atom is -0.486 e. The van der Waals surface area contributed by atoms with Gasteiger partial charge in [-0.25, -0.2) is 0 Å². The molecule has 1 fully saturated rings. The number of fused-ring (bicyclic) bond motifs is 1. The first kappa shape index (κ1) is 17.9. The van der Waals surface area contributed by atoms with E-state index in [1.165, 1.54) is 0 Å². The third-order valence-electron chi connectivity index (χ3n) is 4.31. The van der Waals surface area contributed by atoms with Crippen LogP contribution in [0.2, 0.25) is 0 Å². The van der Waals surface area contributed by atoms with E-state index in [1.807, 2.05) is 18.2 Å². The Kier molecular flexibility index (Phi) is 6.54. The van der Waals surface area contributed by atoms with Crippen LogP contribution in [0.15, 0.2) is 18.2 Å². The lowest BCUT2D eigenvalue weighted by molar-refractivity contribution is -0.126. The summed E-state index contributed by atoms with van der Waals surface area (Å²) >= 11 is 0. The van der Waals surface area contributed by atoms with Gasteiger partial charge in [-0.2, -0.15) is 0 Å². The number of piperidine rings is 1. The predicted octanol–water partition coefficient (Wildman–Crippen LogP) is 1.93. The summed E-state index contributed by atoms with van der Waals surface area (Å²) < 4.78 is 11.1. The molecule has 3 rings (SSSR count). The molecule has 1 aromatic rings. The molecule has 2 atom stereocenters. The second-order valence-corrected chi connectivity index (χ2v) is 6.10. The quantitative estimate of drug-likeness (QED) is 0.879. The first-order chi connectivity index (χ1) is 10.7. The Morgan fingerprint density at radius 1 is 1.30 bits per heavy atom. The van der Waals surface area contributed by atoms with Crippen molar-refractivity contribution < 1.29 is 14.3 Å². The van der Waals surface area contributed by atoms with Gasteiger partial charge in [0.2, 0.25) is 5.91 Å². The lowest BCUT2D eigenvalue weighted by Gasteiger charge is -2.27. The number of nitrogens with one attached hydrogen (secondary N) is 2. The zero-order valence-electron chi connectivity index (χ0n) is 13.5. The molecule has 2 aliphatic rings. The summed E-state index contributed by atoms with van der Waals surface area (Å²) in [5.74, 6) is 1.95. The molecule has 128 valence electrons. The molecule has 2 aliphatic heterocycles. The predicted molar refractivity (Wildman–Crippen MR) is 91.6 cm³/mol. The van der Waals surface area contributed by atoms with Crippen LogP contribution in [0.1, 0.15) is 25.3 Å². The van der Waals surface area contributed by atoms with Gasteiger partial charge in [-0.05, 0) is 50.4 Å². The maximum atomic E-state index is 12.2. The largest absolute Gasteiger partial charge is 0.486 e. The van der Waals surface area contributed by atoms with Crippen molar-refractivity contribution in [3.05, 3.63) is 23.8 Å². The third-order valence-corrected chi connectivity index (χ3v) is 4.31. The van der Waals surface area contributed by atoms with Crippen molar-refractivity contribution in [3.8, 4) is 11.5 Å². The highest BCUT2D eigenvalue weighted by atomic mass is 35.5. The van der Waals surface area contributed by atoms with Crippen molar-refractivity contribution in [1.29, 1.82) is 0 Å². The standard InChI is InChI=1S/C17H24N2O3.ClH/c1-12-10-14(5-7-18-12)17(20)19-6-4-13-2-3-15-16(11-13)22-9-8-21-15;/h2-3,11-12,14,18H,4-10H2,1H3,(H,19,20);1H/t12-,14-;/m0./s1. The Morgan fingerprint density at radius 3 is 2.87 bits per heavy atom. The fraction of sp³-hybridized carbons (Fsp3) is 0.588. The van der Waals surface area contributed by atoms with Gasteiger partial charge in [-0.3, -0.25) is 4.79 Å². The molecule has 2 N–H and O–H groups in total. The van der Waals surface area contributed by atoms with E-state index < -0.39 is 0 Å². The normalized spacial score (nSPS) is 22.8. The van der Waals surface area contributed by atoms with Crippen LogP contribution < -0.4 is 20.1 Å². The second kappa shape index (κ2) is 8.41. The average Bonchev–Trinajstić information content (AvgIpc) is 2.54. The van der Waals surface area contributed by atoms with Gasteiger partial charge >= 0.3 is 0 Å². The molecule has 1 aromatic carbocycles. The molecule has 0 spiro atoms. The lowest BCUT2D eigenvalue weighted by atomic mass is 9.92. The number of amides is 1. The minimum absolute atomic E-state index is 0. The molecule has 1 amide bonds. The van der Waals surface area contributed by atoms with E-state index in [0.717, 1.165) is 42.9 Å². The molecule has 2 heterocycles. The van der Waals surface area contributed by atoms with Crippen molar-refractivity contribution in [2.24, 2.45) is 5.92 Å². The Balaban J connectivity index is 0.00000192. The topological polar surface area (TPSA) is 59.6 Å². The van der Waals surface area contributed by atoms with Crippen molar-refractivity contribution in [1.82, 2.24) is 10.6 Å². The van der Waals surface area contributed by atoms with Gasteiger partial charge in [0.15, 0.2) is 11.5 Å². The SMILES string of the molecule is C[C@H]1C[C@@H](C(=O)NCCc2ccc3c(c2)OCCO3)CCN1.Cl. The Labute approximate surface area is 143 Å². The van der Waals surface area contributed by atoms with E-state index in [4.69, 9.17) is 9.47 Å². The highest BCUT2D eigenvalue weighted by Gasteiger charge is 2.24. The van der Waals surface area contributed by atoms with Crippen LogP contribution in [0.25, 0.3) is 0 Å². The van der Waals surface area contributed by atoms with Gasteiger partial charge in [0, 0.05) is 18.5 Å². The number of hydrogen-bond donors (Lipinski definition) is 2.